The van der Waals surface area contributed by atoms with Gasteiger partial charge in [0.15, 0.2) is 5.78 Å². The van der Waals surface area contributed by atoms with Crippen LogP contribution in [-0.2, 0) is 4.79 Å². The number of hydrogen-bond acceptors (Lipinski definition) is 2. The summed E-state index contributed by atoms with van der Waals surface area (Å²) in [6.07, 6.45) is 6.17. The maximum atomic E-state index is 12.8. The topological polar surface area (TPSA) is 37.3 Å². The molecule has 18 heavy (non-hydrogen) atoms. The summed E-state index contributed by atoms with van der Waals surface area (Å²) in [5.41, 5.74) is -0.661. The van der Waals surface area contributed by atoms with Gasteiger partial charge in [0.1, 0.15) is 5.76 Å². The van der Waals surface area contributed by atoms with E-state index in [0.717, 1.165) is 38.5 Å². The average molecular weight is 255 g/mol. The van der Waals surface area contributed by atoms with Crippen LogP contribution in [0.25, 0.3) is 0 Å². The van der Waals surface area contributed by atoms with Crippen LogP contribution in [0.3, 0.4) is 0 Å². The minimum absolute atomic E-state index is 0.323. The minimum atomic E-state index is -2.79. The molecule has 0 bridgehead atoms. The molecule has 2 heteroatoms. The molecule has 0 radical (unpaired) electrons. The van der Waals surface area contributed by atoms with E-state index in [0.29, 0.717) is 25.7 Å². The molecule has 0 amide bonds. The van der Waals surface area contributed by atoms with E-state index in [4.69, 9.17) is 6.85 Å². The molecular formula is C16H26O2. The number of aliphatic hydroxyl groups is 1. The van der Waals surface area contributed by atoms with Crippen molar-refractivity contribution in [2.24, 2.45) is 11.8 Å². The summed E-state index contributed by atoms with van der Waals surface area (Å²) in [6.45, 7) is -2.79. The van der Waals surface area contributed by atoms with Crippen molar-refractivity contribution < 1.29 is 16.8 Å². The maximum absolute atomic E-state index is 12.8. The molecule has 0 aliphatic heterocycles. The van der Waals surface area contributed by atoms with E-state index in [1.807, 2.05) is 0 Å². The summed E-state index contributed by atoms with van der Waals surface area (Å²) in [7, 11) is 0. The van der Waals surface area contributed by atoms with Crippen LogP contribution in [-0.4, -0.2) is 10.9 Å². The van der Waals surface area contributed by atoms with Gasteiger partial charge in [-0.05, 0) is 32.5 Å². The predicted molar refractivity (Wildman–Crippen MR) is 73.5 cm³/mol. The van der Waals surface area contributed by atoms with Gasteiger partial charge in [0.25, 0.3) is 0 Å². The number of allylic oxidation sites excluding steroid dienone is 2. The van der Waals surface area contributed by atoms with Crippen LogP contribution in [0.15, 0.2) is 11.3 Å². The summed E-state index contributed by atoms with van der Waals surface area (Å²) in [5, 5.41) is 10.6. The molecule has 0 spiro atoms. The van der Waals surface area contributed by atoms with Gasteiger partial charge in [-0.25, -0.2) is 0 Å². The Balaban J connectivity index is 2.44. The van der Waals surface area contributed by atoms with Crippen LogP contribution in [0.2, 0.25) is 0 Å². The van der Waals surface area contributed by atoms with Crippen molar-refractivity contribution in [3.63, 3.8) is 0 Å². The fourth-order valence-electron chi connectivity index (χ4n) is 2.88. The average Bonchev–Trinajstić information content (AvgIpc) is 2.47. The van der Waals surface area contributed by atoms with Gasteiger partial charge >= 0.3 is 0 Å². The monoisotopic (exact) mass is 255 g/mol. The zero-order valence-corrected chi connectivity index (χ0v) is 10.9. The summed E-state index contributed by atoms with van der Waals surface area (Å²) in [5.74, 6) is -4.28. The molecular weight excluding hydrogens is 224 g/mol. The van der Waals surface area contributed by atoms with Crippen LogP contribution in [0.5, 0.6) is 0 Å². The van der Waals surface area contributed by atoms with E-state index in [2.05, 4.69) is 0 Å². The molecule has 0 atom stereocenters. The van der Waals surface area contributed by atoms with Crippen LogP contribution >= 0.6 is 0 Å². The Morgan fingerprint density at radius 1 is 1.00 bits per heavy atom. The van der Waals surface area contributed by atoms with Gasteiger partial charge < -0.3 is 5.11 Å². The lowest BCUT2D eigenvalue weighted by Gasteiger charge is -2.25. The second-order valence-electron chi connectivity index (χ2n) is 5.38. The van der Waals surface area contributed by atoms with Gasteiger partial charge in [-0.15, -0.1) is 0 Å². The Kier molecular flexibility index (Phi) is 2.98. The summed E-state index contributed by atoms with van der Waals surface area (Å²) >= 11 is 0. The molecule has 0 aromatic rings. The number of hydrogen-bond donors (Lipinski definition) is 1. The first kappa shape index (κ1) is 8.39. The highest BCUT2D eigenvalue weighted by atomic mass is 16.3. The second-order valence-corrected chi connectivity index (χ2v) is 5.38. The van der Waals surface area contributed by atoms with Crippen molar-refractivity contribution in [2.75, 3.05) is 0 Å². The lowest BCUT2D eigenvalue weighted by molar-refractivity contribution is -0.120. The van der Waals surface area contributed by atoms with E-state index in [1.165, 1.54) is 0 Å². The largest absolute Gasteiger partial charge is 0.512 e. The highest BCUT2D eigenvalue weighted by Gasteiger charge is 2.27. The highest BCUT2D eigenvalue weighted by Crippen LogP contribution is 2.32. The van der Waals surface area contributed by atoms with Gasteiger partial charge in [0.05, 0.1) is 0 Å². The number of ketones is 1. The van der Waals surface area contributed by atoms with Crippen LogP contribution < -0.4 is 0 Å². The van der Waals surface area contributed by atoms with Crippen LogP contribution in [0.4, 0.5) is 0 Å². The number of aliphatic hydroxyl groups excluding tert-OH is 1. The zero-order chi connectivity index (χ0) is 17.3. The molecule has 0 unspecified atom stereocenters. The van der Waals surface area contributed by atoms with E-state index in [9.17, 15) is 9.90 Å². The van der Waals surface area contributed by atoms with E-state index in [1.54, 1.807) is 0 Å². The quantitative estimate of drug-likeness (QED) is 0.593. The first-order valence-corrected chi connectivity index (χ1v) is 7.09. The molecule has 2 aliphatic rings. The molecule has 2 rings (SSSR count). The predicted octanol–water partition coefficient (Wildman–Crippen LogP) is 4.55. The number of Topliss-reactive ketones (excluding diaryl/α,β-unsaturated/α-hetero) is 1. The van der Waals surface area contributed by atoms with Gasteiger partial charge in [-0.2, -0.15) is 0 Å². The number of carbonyl (C=O) groups is 1. The summed E-state index contributed by atoms with van der Waals surface area (Å²) < 4.78 is 39.9. The molecule has 0 heterocycles. The third-order valence-electron chi connectivity index (χ3n) is 4.03. The Labute approximate surface area is 117 Å². The Morgan fingerprint density at radius 3 is 2.00 bits per heavy atom. The smallest absolute Gasteiger partial charge is 0.164 e. The molecule has 2 aliphatic carbocycles. The van der Waals surface area contributed by atoms with E-state index >= 15 is 0 Å². The Bertz CT molecular complexity index is 483. The normalized spacial score (nSPS) is 33.0. The third-order valence-corrected chi connectivity index (χ3v) is 4.03. The van der Waals surface area contributed by atoms with E-state index < -0.39 is 35.8 Å². The molecule has 0 aromatic heterocycles. The van der Waals surface area contributed by atoms with Gasteiger partial charge in [-0.3, -0.25) is 4.79 Å². The Morgan fingerprint density at radius 2 is 1.50 bits per heavy atom. The summed E-state index contributed by atoms with van der Waals surface area (Å²) in [6, 6.07) is 0. The van der Waals surface area contributed by atoms with E-state index in [-0.39, 0.29) is 0 Å². The van der Waals surface area contributed by atoms with Crippen LogP contribution in [0, 0.1) is 11.8 Å². The van der Waals surface area contributed by atoms with Crippen molar-refractivity contribution >= 4 is 5.78 Å². The lowest BCUT2D eigenvalue weighted by Crippen LogP contribution is -2.21. The van der Waals surface area contributed by atoms with Gasteiger partial charge in [-0.1, -0.05) is 38.5 Å². The minimum Gasteiger partial charge on any atom is -0.512 e. The van der Waals surface area contributed by atoms with Crippen molar-refractivity contribution in [1.29, 1.82) is 0 Å². The second kappa shape index (κ2) is 6.40. The summed E-state index contributed by atoms with van der Waals surface area (Å²) in [4.78, 5) is 12.8. The van der Waals surface area contributed by atoms with Crippen LogP contribution in [0.1, 0.15) is 77.9 Å². The first-order valence-electron chi connectivity index (χ1n) is 9.59. The van der Waals surface area contributed by atoms with Crippen molar-refractivity contribution in [2.45, 2.75) is 71.1 Å². The fraction of sp³-hybridized carbons (Fsp3) is 0.812. The molecule has 2 nitrogen and oxygen atoms in total. The van der Waals surface area contributed by atoms with Gasteiger partial charge in [0.2, 0.25) is 0 Å². The van der Waals surface area contributed by atoms with Gasteiger partial charge in [0, 0.05) is 24.2 Å². The maximum Gasteiger partial charge on any atom is 0.164 e. The fourth-order valence-corrected chi connectivity index (χ4v) is 2.88. The van der Waals surface area contributed by atoms with Crippen molar-refractivity contribution in [3.8, 4) is 0 Å². The highest BCUT2D eigenvalue weighted by molar-refractivity contribution is 5.97. The zero-order valence-electron chi connectivity index (χ0n) is 15.9. The standard InChI is InChI=1S/C16H26O2/c1-12(15(17)13-8-4-2-5-9-13)16(18)14-10-6-3-7-11-14/h13-14,17H,2-11H2,1H3/i1D3,13D,14D. The molecule has 2 saturated carbocycles. The SMILES string of the molecule is [2H]C([2H])([2H])C(C(=O)C1([2H])CCCCC1)=C(O)C1([2H])CCCCC1. The first-order chi connectivity index (χ1) is 10.6. The molecule has 2 fully saturated rings. The number of rotatable bonds is 3. The Hall–Kier alpha value is -0.790. The molecule has 102 valence electrons. The van der Waals surface area contributed by atoms with Crippen molar-refractivity contribution in [1.82, 2.24) is 0 Å². The third kappa shape index (κ3) is 3.15. The molecule has 1 N–H and O–H groups in total. The molecule has 0 saturated heterocycles. The lowest BCUT2D eigenvalue weighted by atomic mass is 9.81. The molecule has 0 aromatic carbocycles. The number of carbonyl (C=O) groups excluding carboxylic acids is 1. The van der Waals surface area contributed by atoms with Crippen molar-refractivity contribution in [3.05, 3.63) is 11.3 Å².